The highest BCUT2D eigenvalue weighted by Gasteiger charge is 2.30. The summed E-state index contributed by atoms with van der Waals surface area (Å²) in [5.74, 6) is -3.23. The van der Waals surface area contributed by atoms with Crippen LogP contribution in [0.1, 0.15) is 48.0 Å². The van der Waals surface area contributed by atoms with Crippen LogP contribution in [0, 0.1) is 0 Å². The van der Waals surface area contributed by atoms with E-state index < -0.39 is 66.0 Å². The van der Waals surface area contributed by atoms with Gasteiger partial charge in [0, 0.05) is 6.54 Å². The predicted octanol–water partition coefficient (Wildman–Crippen LogP) is -1.34. The van der Waals surface area contributed by atoms with E-state index in [1.807, 2.05) is 0 Å². The summed E-state index contributed by atoms with van der Waals surface area (Å²) in [7, 11) is 0. The molecule has 12 nitrogen and oxygen atoms in total. The van der Waals surface area contributed by atoms with Gasteiger partial charge in [0.15, 0.2) is 0 Å². The number of ether oxygens (including phenoxy) is 2. The molecule has 2 atom stereocenters. The van der Waals surface area contributed by atoms with Gasteiger partial charge >= 0.3 is 12.1 Å². The summed E-state index contributed by atoms with van der Waals surface area (Å²) in [5, 5.41) is 6.82. The topological polar surface area (TPSA) is 192 Å². The smallest absolute Gasteiger partial charge is 0.408 e. The Morgan fingerprint density at radius 3 is 1.80 bits per heavy atom. The van der Waals surface area contributed by atoms with E-state index in [0.29, 0.717) is 0 Å². The van der Waals surface area contributed by atoms with Gasteiger partial charge in [-0.3, -0.25) is 19.2 Å². The first kappa shape index (κ1) is 27.1. The minimum absolute atomic E-state index is 0.298. The highest BCUT2D eigenvalue weighted by atomic mass is 16.6. The first-order valence-corrected chi connectivity index (χ1v) is 9.32. The van der Waals surface area contributed by atoms with E-state index in [1.165, 1.54) is 0 Å². The van der Waals surface area contributed by atoms with E-state index in [4.69, 9.17) is 20.9 Å². The van der Waals surface area contributed by atoms with Crippen molar-refractivity contribution in [1.29, 1.82) is 0 Å². The lowest BCUT2D eigenvalue weighted by molar-refractivity contribution is -0.156. The van der Waals surface area contributed by atoms with E-state index >= 15 is 0 Å². The Balaban J connectivity index is 5.25. The van der Waals surface area contributed by atoms with E-state index in [9.17, 15) is 24.0 Å². The number of carbonyl (C=O) groups is 5. The van der Waals surface area contributed by atoms with Crippen molar-refractivity contribution in [3.63, 3.8) is 0 Å². The minimum Gasteiger partial charge on any atom is -0.460 e. The Kier molecular flexibility index (Phi) is 10.2. The third kappa shape index (κ3) is 12.5. The number of nitrogens with one attached hydrogen (secondary N) is 3. The number of amides is 4. The molecule has 0 aliphatic rings. The second kappa shape index (κ2) is 11.3. The maximum absolute atomic E-state index is 12.5. The van der Waals surface area contributed by atoms with Gasteiger partial charge in [-0.15, -0.1) is 0 Å². The molecule has 0 aromatic carbocycles. The summed E-state index contributed by atoms with van der Waals surface area (Å²) in [6.45, 7) is 9.06. The zero-order valence-corrected chi connectivity index (χ0v) is 18.3. The van der Waals surface area contributed by atoms with Crippen molar-refractivity contribution in [1.82, 2.24) is 16.0 Å². The van der Waals surface area contributed by atoms with Gasteiger partial charge in [-0.1, -0.05) is 0 Å². The molecule has 0 rings (SSSR count). The Hall–Kier alpha value is -2.89. The van der Waals surface area contributed by atoms with E-state index in [0.717, 1.165) is 0 Å². The van der Waals surface area contributed by atoms with Crippen LogP contribution in [0.25, 0.3) is 0 Å². The van der Waals surface area contributed by atoms with Crippen LogP contribution in [0.4, 0.5) is 4.79 Å². The number of nitrogens with two attached hydrogens (primary N) is 2. The summed E-state index contributed by atoms with van der Waals surface area (Å²) < 4.78 is 10.2. The van der Waals surface area contributed by atoms with Gasteiger partial charge in [-0.25, -0.2) is 4.79 Å². The monoisotopic (exact) mass is 431 g/mol. The molecule has 0 spiro atoms. The Morgan fingerprint density at radius 2 is 1.37 bits per heavy atom. The zero-order valence-electron chi connectivity index (χ0n) is 18.3. The Morgan fingerprint density at radius 1 is 0.833 bits per heavy atom. The standard InChI is InChI=1S/C18H33N5O7/c1-17(2,3)29-13(25)7-10(14(26)21-9-12(20)24)22-15(27)11(8-19)23-16(28)30-18(4,5)6/h10-11H,7-9,19H2,1-6H3,(H2,20,24)(H,21,26)(H,22,27)(H,23,28)/t10-,11-/m0/s1. The van der Waals surface area contributed by atoms with E-state index in [-0.39, 0.29) is 6.54 Å². The molecule has 0 saturated heterocycles. The molecule has 30 heavy (non-hydrogen) atoms. The molecule has 4 amide bonds. The normalized spacial score (nSPS) is 13.4. The van der Waals surface area contributed by atoms with Crippen LogP contribution < -0.4 is 27.4 Å². The van der Waals surface area contributed by atoms with Gasteiger partial charge < -0.3 is 36.9 Å². The van der Waals surface area contributed by atoms with Gasteiger partial charge in [0.05, 0.1) is 13.0 Å². The second-order valence-electron chi connectivity index (χ2n) is 8.47. The minimum atomic E-state index is -1.39. The molecule has 0 aliphatic carbocycles. The van der Waals surface area contributed by atoms with Gasteiger partial charge in [-0.2, -0.15) is 0 Å². The van der Waals surface area contributed by atoms with Crippen LogP contribution in [0.2, 0.25) is 0 Å². The number of alkyl carbamates (subject to hydrolysis) is 1. The van der Waals surface area contributed by atoms with Gasteiger partial charge in [0.25, 0.3) is 0 Å². The molecule has 0 bridgehead atoms. The molecule has 7 N–H and O–H groups in total. The Bertz CT molecular complexity index is 652. The number of rotatable bonds is 9. The number of primary amides is 1. The number of hydrogen-bond acceptors (Lipinski definition) is 8. The number of esters is 1. The fraction of sp³-hybridized carbons (Fsp3) is 0.722. The molecular weight excluding hydrogens is 398 g/mol. The van der Waals surface area contributed by atoms with Crippen LogP contribution >= 0.6 is 0 Å². The lowest BCUT2D eigenvalue weighted by Crippen LogP contribution is -2.57. The SMILES string of the molecule is CC(C)(C)OC(=O)C[C@H](NC(=O)[C@H](CN)NC(=O)OC(C)(C)C)C(=O)NCC(N)=O. The molecule has 172 valence electrons. The highest BCUT2D eigenvalue weighted by molar-refractivity contribution is 5.94. The molecule has 0 aliphatic heterocycles. The van der Waals surface area contributed by atoms with Crippen molar-refractivity contribution in [3.8, 4) is 0 Å². The zero-order chi connectivity index (χ0) is 23.7. The molecular formula is C18H33N5O7. The molecule has 0 aromatic heterocycles. The van der Waals surface area contributed by atoms with Gasteiger partial charge in [0.2, 0.25) is 17.7 Å². The third-order valence-corrected chi connectivity index (χ3v) is 3.10. The molecule has 0 saturated carbocycles. The summed E-state index contributed by atoms with van der Waals surface area (Å²) in [6, 6.07) is -2.62. The van der Waals surface area contributed by atoms with Crippen molar-refractivity contribution in [2.75, 3.05) is 13.1 Å². The van der Waals surface area contributed by atoms with Crippen LogP contribution in [0.3, 0.4) is 0 Å². The average Bonchev–Trinajstić information content (AvgIpc) is 2.53. The molecule has 0 radical (unpaired) electrons. The summed E-state index contributed by atoms with van der Waals surface area (Å²) in [4.78, 5) is 59.7. The van der Waals surface area contributed by atoms with Crippen molar-refractivity contribution in [2.45, 2.75) is 71.2 Å². The average molecular weight is 431 g/mol. The third-order valence-electron chi connectivity index (χ3n) is 3.10. The van der Waals surface area contributed by atoms with Gasteiger partial charge in [0.1, 0.15) is 23.3 Å². The van der Waals surface area contributed by atoms with Crippen molar-refractivity contribution < 1.29 is 33.4 Å². The Labute approximate surface area is 175 Å². The molecule has 0 unspecified atom stereocenters. The number of hydrogen-bond donors (Lipinski definition) is 5. The van der Waals surface area contributed by atoms with Crippen molar-refractivity contribution in [3.05, 3.63) is 0 Å². The van der Waals surface area contributed by atoms with Crippen LogP contribution in [0.5, 0.6) is 0 Å². The fourth-order valence-corrected chi connectivity index (χ4v) is 2.01. The van der Waals surface area contributed by atoms with Crippen LogP contribution in [0.15, 0.2) is 0 Å². The predicted molar refractivity (Wildman–Crippen MR) is 107 cm³/mol. The summed E-state index contributed by atoms with van der Waals surface area (Å²) in [5.41, 5.74) is 8.92. The van der Waals surface area contributed by atoms with Crippen molar-refractivity contribution in [2.24, 2.45) is 11.5 Å². The summed E-state index contributed by atoms with van der Waals surface area (Å²) in [6.07, 6.45) is -1.40. The molecule has 0 fully saturated rings. The highest BCUT2D eigenvalue weighted by Crippen LogP contribution is 2.10. The van der Waals surface area contributed by atoms with Gasteiger partial charge in [-0.05, 0) is 41.5 Å². The number of carbonyl (C=O) groups excluding carboxylic acids is 5. The lowest BCUT2D eigenvalue weighted by atomic mass is 10.1. The quantitative estimate of drug-likeness (QED) is 0.277. The largest absolute Gasteiger partial charge is 0.460 e. The second-order valence-corrected chi connectivity index (χ2v) is 8.47. The fourth-order valence-electron chi connectivity index (χ4n) is 2.01. The van der Waals surface area contributed by atoms with Crippen molar-refractivity contribution >= 4 is 29.8 Å². The maximum Gasteiger partial charge on any atom is 0.408 e. The van der Waals surface area contributed by atoms with Crippen LogP contribution in [-0.2, 0) is 28.7 Å². The maximum atomic E-state index is 12.5. The van der Waals surface area contributed by atoms with Crippen LogP contribution in [-0.4, -0.2) is 66.2 Å². The first-order valence-electron chi connectivity index (χ1n) is 9.32. The molecule has 0 aromatic rings. The van der Waals surface area contributed by atoms with E-state index in [1.54, 1.807) is 41.5 Å². The lowest BCUT2D eigenvalue weighted by Gasteiger charge is -2.25. The summed E-state index contributed by atoms with van der Waals surface area (Å²) >= 11 is 0. The molecule has 0 heterocycles. The van der Waals surface area contributed by atoms with E-state index in [2.05, 4.69) is 16.0 Å². The molecule has 12 heteroatoms. The first-order chi connectivity index (χ1) is 13.5.